The number of carbonyl (C=O) groups excluding carboxylic acids is 3. The molecule has 0 bridgehead atoms. The molecule has 0 saturated carbocycles. The molecule has 24 heavy (non-hydrogen) atoms. The first-order chi connectivity index (χ1) is 11.5. The van der Waals surface area contributed by atoms with Gasteiger partial charge in [-0.1, -0.05) is 18.2 Å². The lowest BCUT2D eigenvalue weighted by Crippen LogP contribution is -2.44. The van der Waals surface area contributed by atoms with Gasteiger partial charge in [0.25, 0.3) is 11.8 Å². The summed E-state index contributed by atoms with van der Waals surface area (Å²) in [5, 5.41) is 0. The number of para-hydroxylation sites is 1. The third-order valence-corrected chi connectivity index (χ3v) is 4.00. The second-order valence-electron chi connectivity index (χ2n) is 5.57. The minimum atomic E-state index is -0.660. The number of carbonyl (C=O) groups is 3. The molecule has 2 heterocycles. The molecule has 2 aliphatic heterocycles. The molecule has 1 atom stereocenters. The van der Waals surface area contributed by atoms with Crippen molar-refractivity contribution in [1.82, 2.24) is 4.90 Å². The predicted octanol–water partition coefficient (Wildman–Crippen LogP) is 0.777. The molecule has 0 radical (unpaired) electrons. The fourth-order valence-corrected chi connectivity index (χ4v) is 2.94. The number of hydrogen-bond acceptors (Lipinski definition) is 4. The third kappa shape index (κ3) is 2.69. The minimum absolute atomic E-state index is 0.0555. The number of methoxy groups -OCH3 is 1. The van der Waals surface area contributed by atoms with Gasteiger partial charge in [0.1, 0.15) is 12.8 Å². The van der Waals surface area contributed by atoms with Crippen molar-refractivity contribution in [3.63, 3.8) is 0 Å². The molecule has 3 rings (SSSR count). The van der Waals surface area contributed by atoms with Gasteiger partial charge in [-0.25, -0.2) is 0 Å². The van der Waals surface area contributed by atoms with Crippen LogP contribution >= 0.6 is 0 Å². The van der Waals surface area contributed by atoms with E-state index >= 15 is 0 Å². The van der Waals surface area contributed by atoms with Crippen LogP contribution in [0.1, 0.15) is 16.8 Å². The zero-order valence-electron chi connectivity index (χ0n) is 13.1. The zero-order valence-corrected chi connectivity index (χ0v) is 13.1. The number of nitrogens with two attached hydrogens (primary N) is 1. The van der Waals surface area contributed by atoms with Gasteiger partial charge >= 0.3 is 0 Å². The summed E-state index contributed by atoms with van der Waals surface area (Å²) >= 11 is 0. The van der Waals surface area contributed by atoms with Crippen LogP contribution in [0.4, 0.5) is 5.69 Å². The van der Waals surface area contributed by atoms with Crippen LogP contribution in [-0.2, 0) is 14.3 Å². The van der Waals surface area contributed by atoms with Gasteiger partial charge in [0.05, 0.1) is 11.3 Å². The van der Waals surface area contributed by atoms with Crippen LogP contribution in [0.15, 0.2) is 48.2 Å². The largest absolute Gasteiger partial charge is 0.366 e. The third-order valence-electron chi connectivity index (χ3n) is 4.00. The average molecular weight is 327 g/mol. The smallest absolute Gasteiger partial charge is 0.260 e. The predicted molar refractivity (Wildman–Crippen MR) is 86.8 cm³/mol. The minimum Gasteiger partial charge on any atom is -0.366 e. The molecule has 3 amide bonds. The summed E-state index contributed by atoms with van der Waals surface area (Å²) < 4.78 is 5.14. The van der Waals surface area contributed by atoms with E-state index in [1.807, 2.05) is 0 Å². The molecule has 0 aromatic heterocycles. The van der Waals surface area contributed by atoms with Crippen molar-refractivity contribution in [2.24, 2.45) is 5.73 Å². The van der Waals surface area contributed by atoms with Crippen molar-refractivity contribution in [3.05, 3.63) is 53.8 Å². The van der Waals surface area contributed by atoms with E-state index < -0.39 is 11.9 Å². The quantitative estimate of drug-likeness (QED) is 0.827. The van der Waals surface area contributed by atoms with Crippen LogP contribution in [0.25, 0.3) is 0 Å². The standard InChI is InChI=1S/C17H17N3O4/c1-24-10-20-13-5-3-2-4-12(13)16(22)19-9-11(6-7-15(18)21)8-14(19)17(20)23/h2-7,9,14H,8,10H2,1H3,(H2,18,21). The molecule has 124 valence electrons. The molecule has 1 aromatic rings. The number of rotatable bonds is 4. The van der Waals surface area contributed by atoms with E-state index in [0.29, 0.717) is 23.2 Å². The summed E-state index contributed by atoms with van der Waals surface area (Å²) in [4.78, 5) is 39.5. The van der Waals surface area contributed by atoms with E-state index in [0.717, 1.165) is 0 Å². The van der Waals surface area contributed by atoms with Crippen molar-refractivity contribution in [2.45, 2.75) is 12.5 Å². The fraction of sp³-hybridized carbons (Fsp3) is 0.235. The van der Waals surface area contributed by atoms with Gasteiger partial charge in [0.2, 0.25) is 5.91 Å². The normalized spacial score (nSPS) is 20.0. The molecule has 1 unspecified atom stereocenters. The van der Waals surface area contributed by atoms with Crippen LogP contribution in [0.3, 0.4) is 0 Å². The van der Waals surface area contributed by atoms with Crippen molar-refractivity contribution in [3.8, 4) is 0 Å². The lowest BCUT2D eigenvalue weighted by Gasteiger charge is -2.24. The number of ether oxygens (including phenoxy) is 1. The van der Waals surface area contributed by atoms with Gasteiger partial charge in [-0.05, 0) is 17.7 Å². The average Bonchev–Trinajstić information content (AvgIpc) is 2.98. The number of amides is 3. The Balaban J connectivity index is 2.03. The first-order valence-electron chi connectivity index (χ1n) is 7.43. The van der Waals surface area contributed by atoms with Gasteiger partial charge in [-0.3, -0.25) is 19.3 Å². The molecule has 7 nitrogen and oxygen atoms in total. The molecular weight excluding hydrogens is 310 g/mol. The van der Waals surface area contributed by atoms with E-state index in [1.165, 1.54) is 29.1 Å². The number of fused-ring (bicyclic) bond motifs is 2. The van der Waals surface area contributed by atoms with E-state index in [9.17, 15) is 14.4 Å². The first-order valence-corrected chi connectivity index (χ1v) is 7.43. The second-order valence-corrected chi connectivity index (χ2v) is 5.57. The number of benzene rings is 1. The lowest BCUT2D eigenvalue weighted by atomic mass is 10.1. The van der Waals surface area contributed by atoms with E-state index in [4.69, 9.17) is 10.5 Å². The monoisotopic (exact) mass is 327 g/mol. The molecule has 1 aromatic carbocycles. The van der Waals surface area contributed by atoms with Gasteiger partial charge in [-0.2, -0.15) is 0 Å². The highest BCUT2D eigenvalue weighted by atomic mass is 16.5. The molecule has 2 aliphatic rings. The summed E-state index contributed by atoms with van der Waals surface area (Å²) in [7, 11) is 1.49. The second kappa shape index (κ2) is 6.29. The number of hydrogen-bond donors (Lipinski definition) is 1. The summed E-state index contributed by atoms with van der Waals surface area (Å²) in [6, 6.07) is 6.27. The van der Waals surface area contributed by atoms with Crippen molar-refractivity contribution in [2.75, 3.05) is 18.7 Å². The van der Waals surface area contributed by atoms with Crippen LogP contribution in [0.2, 0.25) is 0 Å². The van der Waals surface area contributed by atoms with Crippen molar-refractivity contribution in [1.29, 1.82) is 0 Å². The summed E-state index contributed by atoms with van der Waals surface area (Å²) in [5.41, 5.74) is 6.75. The number of anilines is 1. The van der Waals surface area contributed by atoms with Gasteiger partial charge in [-0.15, -0.1) is 0 Å². The van der Waals surface area contributed by atoms with Crippen molar-refractivity contribution < 1.29 is 19.1 Å². The highest BCUT2D eigenvalue weighted by molar-refractivity contribution is 6.11. The SMILES string of the molecule is COCN1C(=O)C2CC(C=CC(N)=O)=CN2C(=O)c2ccccc21. The number of primary amides is 1. The highest BCUT2D eigenvalue weighted by Gasteiger charge is 2.41. The Bertz CT molecular complexity index is 769. The van der Waals surface area contributed by atoms with E-state index in [2.05, 4.69) is 0 Å². The molecule has 0 aliphatic carbocycles. The van der Waals surface area contributed by atoms with E-state index in [1.54, 1.807) is 30.5 Å². The highest BCUT2D eigenvalue weighted by Crippen LogP contribution is 2.33. The maximum Gasteiger partial charge on any atom is 0.260 e. The molecule has 0 fully saturated rings. The van der Waals surface area contributed by atoms with E-state index in [-0.39, 0.29) is 18.5 Å². The Morgan fingerprint density at radius 2 is 2.12 bits per heavy atom. The van der Waals surface area contributed by atoms with Gasteiger partial charge in [0.15, 0.2) is 0 Å². The van der Waals surface area contributed by atoms with Crippen LogP contribution < -0.4 is 10.6 Å². The Labute approximate surface area is 139 Å². The Kier molecular flexibility index (Phi) is 4.18. The van der Waals surface area contributed by atoms with Crippen LogP contribution in [0.5, 0.6) is 0 Å². The Morgan fingerprint density at radius 3 is 2.83 bits per heavy atom. The lowest BCUT2D eigenvalue weighted by molar-refractivity contribution is -0.122. The molecule has 7 heteroatoms. The topological polar surface area (TPSA) is 92.9 Å². The van der Waals surface area contributed by atoms with Gasteiger partial charge in [0, 0.05) is 25.8 Å². The molecule has 0 saturated heterocycles. The summed E-state index contributed by atoms with van der Waals surface area (Å²) in [6.45, 7) is 0.0555. The molecular formula is C17H17N3O4. The maximum atomic E-state index is 12.9. The summed E-state index contributed by atoms with van der Waals surface area (Å²) in [5.74, 6) is -1.07. The number of nitrogens with zero attached hydrogens (tertiary/aromatic N) is 2. The maximum absolute atomic E-state index is 12.9. The van der Waals surface area contributed by atoms with Crippen LogP contribution in [0, 0.1) is 0 Å². The Morgan fingerprint density at radius 1 is 1.38 bits per heavy atom. The summed E-state index contributed by atoms with van der Waals surface area (Å²) in [6.07, 6.45) is 4.66. The van der Waals surface area contributed by atoms with Gasteiger partial charge < -0.3 is 15.4 Å². The zero-order chi connectivity index (χ0) is 17.3. The fourth-order valence-electron chi connectivity index (χ4n) is 2.94. The van der Waals surface area contributed by atoms with Crippen molar-refractivity contribution >= 4 is 23.4 Å². The molecule has 0 spiro atoms. The number of allylic oxidation sites excluding steroid dienone is 1. The Hall–Kier alpha value is -2.93. The first kappa shape index (κ1) is 15.9. The molecule has 2 N–H and O–H groups in total. The van der Waals surface area contributed by atoms with Crippen LogP contribution in [-0.4, -0.2) is 42.5 Å².